The first-order chi connectivity index (χ1) is 24.2. The fourth-order valence-corrected chi connectivity index (χ4v) is 6.98. The first kappa shape index (κ1) is 36.3. The van der Waals surface area contributed by atoms with Gasteiger partial charge in [-0.2, -0.15) is 11.2 Å². The van der Waals surface area contributed by atoms with Gasteiger partial charge < -0.3 is 9.30 Å². The van der Waals surface area contributed by atoms with E-state index in [4.69, 9.17) is 14.8 Å². The zero-order valence-corrected chi connectivity index (χ0v) is 32.9. The average Bonchev–Trinajstić information content (AvgIpc) is 3.71. The van der Waals surface area contributed by atoms with E-state index in [1.165, 1.54) is 22.3 Å². The van der Waals surface area contributed by atoms with Crippen LogP contribution < -0.4 is 4.74 Å². The fraction of sp³-hybridized carbons (Fsp3) is 0.289. The summed E-state index contributed by atoms with van der Waals surface area (Å²) in [7, 11) is 0. The van der Waals surface area contributed by atoms with E-state index in [0.717, 1.165) is 63.7 Å². The molecule has 0 amide bonds. The number of pyridine rings is 1. The van der Waals surface area contributed by atoms with Gasteiger partial charge in [-0.3, -0.25) is 4.68 Å². The van der Waals surface area contributed by atoms with E-state index in [1.54, 1.807) is 0 Å². The first-order valence-corrected chi connectivity index (χ1v) is 18.0. The molecular weight excluding hydrogens is 808 g/mol. The van der Waals surface area contributed by atoms with Crippen LogP contribution in [0, 0.1) is 24.0 Å². The number of hydrogen-bond donors (Lipinski definition) is 0. The largest absolute Gasteiger partial charge is 2.00 e. The molecule has 0 atom stereocenters. The van der Waals surface area contributed by atoms with E-state index in [9.17, 15) is 0 Å². The van der Waals surface area contributed by atoms with Gasteiger partial charge in [-0.15, -0.1) is 41.3 Å². The van der Waals surface area contributed by atoms with E-state index in [1.807, 2.05) is 23.1 Å². The van der Waals surface area contributed by atoms with Crippen molar-refractivity contribution in [2.45, 2.75) is 73.6 Å². The molecule has 0 unspecified atom stereocenters. The number of fused-ring (bicyclic) bond motifs is 3. The average molecular weight is 854 g/mol. The monoisotopic (exact) mass is 853 g/mol. The molecule has 3 aromatic heterocycles. The van der Waals surface area contributed by atoms with Crippen LogP contribution in [0.2, 0.25) is 0 Å². The molecule has 0 aliphatic heterocycles. The minimum absolute atomic E-state index is 0. The van der Waals surface area contributed by atoms with Gasteiger partial charge >= 0.3 is 21.1 Å². The molecule has 4 aromatic carbocycles. The normalized spacial score (nSPS) is 11.6. The maximum Gasteiger partial charge on any atom is 2.00 e. The van der Waals surface area contributed by atoms with E-state index in [-0.39, 0.29) is 27.0 Å². The van der Waals surface area contributed by atoms with Crippen LogP contribution in [0.15, 0.2) is 97.5 Å². The van der Waals surface area contributed by atoms with Gasteiger partial charge in [-0.1, -0.05) is 90.4 Å². The molecule has 0 saturated carbocycles. The summed E-state index contributed by atoms with van der Waals surface area (Å²) >= 11 is 0. The SMILES string of the molecule is CCc1ccnc(-n2c3[c-]c(Oc4[c-]c(-n5cc(-c6c(CC(C)C)cccc6CC(C)C)cn5)cc(C(C)C)c4)ccc3c3ccccc32)c1.[Pt+2]. The van der Waals surface area contributed by atoms with Crippen molar-refractivity contribution in [2.24, 2.45) is 11.8 Å². The van der Waals surface area contributed by atoms with Crippen molar-refractivity contribution in [1.82, 2.24) is 19.3 Å². The summed E-state index contributed by atoms with van der Waals surface area (Å²) < 4.78 is 10.7. The van der Waals surface area contributed by atoms with Crippen LogP contribution in [0.5, 0.6) is 11.5 Å². The van der Waals surface area contributed by atoms with Crippen LogP contribution in [0.1, 0.15) is 76.6 Å². The van der Waals surface area contributed by atoms with Crippen LogP contribution >= 0.6 is 0 Å². The van der Waals surface area contributed by atoms with Gasteiger partial charge in [-0.25, -0.2) is 4.98 Å². The van der Waals surface area contributed by atoms with Gasteiger partial charge in [-0.05, 0) is 88.5 Å². The van der Waals surface area contributed by atoms with Gasteiger partial charge in [0.15, 0.2) is 0 Å². The number of aryl methyl sites for hydroxylation is 1. The van der Waals surface area contributed by atoms with Crippen LogP contribution in [-0.2, 0) is 40.3 Å². The summed E-state index contributed by atoms with van der Waals surface area (Å²) in [6.07, 6.45) is 9.03. The zero-order chi connectivity index (χ0) is 34.9. The molecule has 0 radical (unpaired) electrons. The Morgan fingerprint density at radius 2 is 1.51 bits per heavy atom. The Bertz CT molecular complexity index is 2270. The summed E-state index contributed by atoms with van der Waals surface area (Å²) in [5.74, 6) is 3.54. The van der Waals surface area contributed by atoms with Crippen molar-refractivity contribution in [3.8, 4) is 34.1 Å². The number of ether oxygens (including phenoxy) is 1. The molecule has 0 aliphatic carbocycles. The molecule has 7 aromatic rings. The zero-order valence-electron chi connectivity index (χ0n) is 30.6. The predicted molar refractivity (Wildman–Crippen MR) is 206 cm³/mol. The minimum atomic E-state index is 0. The molecule has 0 fully saturated rings. The molecule has 0 saturated heterocycles. The molecule has 7 rings (SSSR count). The molecule has 6 heteroatoms. The predicted octanol–water partition coefficient (Wildman–Crippen LogP) is 11.5. The standard InChI is InChI=1S/C45H46N4O.Pt/c1-8-32-18-19-46-44(22-32)49-42-15-10-9-14-40(42)41-17-16-38(26-43(41)49)50-39-24-35(31(6)7)23-37(25-39)48-28-36(27-47-48)45-33(20-29(2)3)12-11-13-34(45)21-30(4)5;/h9-19,22-24,27-31H,8,20-21H2,1-7H3;/q-2;+2. The van der Waals surface area contributed by atoms with E-state index in [0.29, 0.717) is 23.3 Å². The molecule has 0 N–H and O–H groups in total. The molecular formula is C45H46N4OPt. The van der Waals surface area contributed by atoms with Crippen molar-refractivity contribution in [2.75, 3.05) is 0 Å². The Hall–Kier alpha value is -4.47. The molecule has 0 spiro atoms. The second-order valence-electron chi connectivity index (χ2n) is 14.6. The molecule has 5 nitrogen and oxygen atoms in total. The van der Waals surface area contributed by atoms with Crippen LogP contribution in [0.3, 0.4) is 0 Å². The second kappa shape index (κ2) is 15.4. The molecule has 0 bridgehead atoms. The second-order valence-corrected chi connectivity index (χ2v) is 14.6. The number of nitrogens with zero attached hydrogens (tertiary/aromatic N) is 4. The third-order valence-corrected chi connectivity index (χ3v) is 9.35. The summed E-state index contributed by atoms with van der Waals surface area (Å²) in [6, 6.07) is 34.9. The van der Waals surface area contributed by atoms with Crippen molar-refractivity contribution < 1.29 is 25.8 Å². The van der Waals surface area contributed by atoms with Crippen molar-refractivity contribution in [3.05, 3.63) is 132 Å². The fourth-order valence-electron chi connectivity index (χ4n) is 6.98. The van der Waals surface area contributed by atoms with Crippen molar-refractivity contribution >= 4 is 21.8 Å². The molecule has 262 valence electrons. The van der Waals surface area contributed by atoms with E-state index >= 15 is 0 Å². The smallest absolute Gasteiger partial charge is 0.509 e. The van der Waals surface area contributed by atoms with Crippen molar-refractivity contribution in [3.63, 3.8) is 0 Å². The van der Waals surface area contributed by atoms with Gasteiger partial charge in [0.25, 0.3) is 0 Å². The Morgan fingerprint density at radius 1 is 0.765 bits per heavy atom. The van der Waals surface area contributed by atoms with E-state index in [2.05, 4.69) is 144 Å². The van der Waals surface area contributed by atoms with Gasteiger partial charge in [0.05, 0.1) is 6.20 Å². The number of para-hydroxylation sites is 1. The molecule has 51 heavy (non-hydrogen) atoms. The maximum absolute atomic E-state index is 6.60. The summed E-state index contributed by atoms with van der Waals surface area (Å²) in [5.41, 5.74) is 10.5. The Labute approximate surface area is 317 Å². The number of rotatable bonds is 11. The molecule has 3 heterocycles. The van der Waals surface area contributed by atoms with Crippen LogP contribution in [0.25, 0.3) is 44.4 Å². The maximum atomic E-state index is 6.60. The third-order valence-electron chi connectivity index (χ3n) is 9.35. The molecule has 0 aliphatic rings. The first-order valence-electron chi connectivity index (χ1n) is 18.0. The summed E-state index contributed by atoms with van der Waals surface area (Å²) in [5, 5.41) is 7.15. The Kier molecular flexibility index (Phi) is 11.0. The van der Waals surface area contributed by atoms with Gasteiger partial charge in [0.1, 0.15) is 5.82 Å². The number of benzene rings is 4. The van der Waals surface area contributed by atoms with Crippen molar-refractivity contribution in [1.29, 1.82) is 0 Å². The quantitative estimate of drug-likeness (QED) is 0.122. The van der Waals surface area contributed by atoms with Crippen LogP contribution in [0.4, 0.5) is 0 Å². The minimum Gasteiger partial charge on any atom is -0.509 e. The third kappa shape index (κ3) is 7.60. The summed E-state index contributed by atoms with van der Waals surface area (Å²) in [6.45, 7) is 15.7. The van der Waals surface area contributed by atoms with Crippen LogP contribution in [-0.4, -0.2) is 19.3 Å². The van der Waals surface area contributed by atoms with Gasteiger partial charge in [0.2, 0.25) is 0 Å². The Morgan fingerprint density at radius 3 is 2.22 bits per heavy atom. The van der Waals surface area contributed by atoms with E-state index < -0.39 is 0 Å². The summed E-state index contributed by atoms with van der Waals surface area (Å²) in [4.78, 5) is 4.77. The Balaban J connectivity index is 0.00000448. The number of hydrogen-bond acceptors (Lipinski definition) is 3. The number of aromatic nitrogens is 4. The van der Waals surface area contributed by atoms with Gasteiger partial charge in [0, 0.05) is 35.0 Å². The topological polar surface area (TPSA) is 44.9 Å².